The lowest BCUT2D eigenvalue weighted by atomic mass is 10.3. The van der Waals surface area contributed by atoms with E-state index in [1.54, 1.807) is 15.8 Å². The van der Waals surface area contributed by atoms with E-state index in [1.807, 2.05) is 6.20 Å². The normalized spacial score (nSPS) is 24.8. The van der Waals surface area contributed by atoms with Crippen molar-refractivity contribution >= 4 is 21.6 Å². The summed E-state index contributed by atoms with van der Waals surface area (Å²) >= 11 is 0. The van der Waals surface area contributed by atoms with Gasteiger partial charge in [-0.3, -0.25) is 9.48 Å². The van der Waals surface area contributed by atoms with Crippen LogP contribution < -0.4 is 4.90 Å². The molecule has 2 aliphatic rings. The van der Waals surface area contributed by atoms with Gasteiger partial charge in [-0.15, -0.1) is 0 Å². The van der Waals surface area contributed by atoms with Gasteiger partial charge in [0.15, 0.2) is 0 Å². The number of aromatic nitrogens is 2. The summed E-state index contributed by atoms with van der Waals surface area (Å²) in [4.78, 5) is 13.4. The van der Waals surface area contributed by atoms with Crippen LogP contribution in [-0.2, 0) is 14.8 Å². The summed E-state index contributed by atoms with van der Waals surface area (Å²) in [5, 5.41) is 4.30. The summed E-state index contributed by atoms with van der Waals surface area (Å²) < 4.78 is 26.3. The molecule has 0 aromatic carbocycles. The summed E-state index contributed by atoms with van der Waals surface area (Å²) in [5.41, 5.74) is 0.810. The molecule has 0 aliphatic carbocycles. The molecule has 0 radical (unpaired) electrons. The topological polar surface area (TPSA) is 75.5 Å². The number of amides is 1. The molecular weight excluding hydrogens is 280 g/mol. The summed E-state index contributed by atoms with van der Waals surface area (Å²) in [5.74, 6) is 0.133. The van der Waals surface area contributed by atoms with Crippen molar-refractivity contribution < 1.29 is 13.2 Å². The average Bonchev–Trinajstić information content (AvgIpc) is 3.05. The van der Waals surface area contributed by atoms with Crippen LogP contribution in [0.3, 0.4) is 0 Å². The van der Waals surface area contributed by atoms with Gasteiger partial charge in [0.2, 0.25) is 15.9 Å². The van der Waals surface area contributed by atoms with E-state index in [1.165, 1.54) is 10.6 Å². The molecule has 2 fully saturated rings. The van der Waals surface area contributed by atoms with Crippen LogP contribution in [0.25, 0.3) is 0 Å². The van der Waals surface area contributed by atoms with Crippen LogP contribution in [-0.4, -0.2) is 54.3 Å². The largest absolute Gasteiger partial charge is 0.309 e. The first-order valence-corrected chi connectivity index (χ1v) is 8.59. The molecule has 110 valence electrons. The maximum Gasteiger partial charge on any atom is 0.227 e. The van der Waals surface area contributed by atoms with Crippen molar-refractivity contribution in [3.63, 3.8) is 0 Å². The Balaban J connectivity index is 1.73. The molecule has 0 bridgehead atoms. The lowest BCUT2D eigenvalue weighted by Crippen LogP contribution is -2.28. The number of hydrogen-bond acceptors (Lipinski definition) is 4. The Labute approximate surface area is 118 Å². The number of hydrogen-bond donors (Lipinski definition) is 0. The van der Waals surface area contributed by atoms with Gasteiger partial charge in [-0.25, -0.2) is 8.42 Å². The highest BCUT2D eigenvalue weighted by atomic mass is 32.2. The van der Waals surface area contributed by atoms with E-state index >= 15 is 0 Å². The third kappa shape index (κ3) is 2.45. The number of carbonyl (C=O) groups excluding carboxylic acids is 1. The Kier molecular flexibility index (Phi) is 3.29. The zero-order valence-electron chi connectivity index (χ0n) is 11.4. The lowest BCUT2D eigenvalue weighted by Gasteiger charge is -2.14. The molecule has 1 unspecified atom stereocenters. The van der Waals surface area contributed by atoms with Crippen LogP contribution in [0.15, 0.2) is 12.4 Å². The highest BCUT2D eigenvalue weighted by Crippen LogP contribution is 2.26. The number of sulfonamides is 1. The van der Waals surface area contributed by atoms with E-state index in [-0.39, 0.29) is 11.9 Å². The smallest absolute Gasteiger partial charge is 0.227 e. The van der Waals surface area contributed by atoms with Crippen LogP contribution in [0.1, 0.15) is 25.3 Å². The third-order valence-corrected chi connectivity index (χ3v) is 5.21. The molecule has 1 aromatic heterocycles. The van der Waals surface area contributed by atoms with E-state index in [4.69, 9.17) is 0 Å². The third-order valence-electron chi connectivity index (χ3n) is 3.94. The molecule has 7 nitrogen and oxygen atoms in total. The monoisotopic (exact) mass is 298 g/mol. The highest BCUT2D eigenvalue weighted by molar-refractivity contribution is 7.88. The number of rotatable bonds is 3. The molecule has 0 N–H and O–H groups in total. The van der Waals surface area contributed by atoms with Gasteiger partial charge in [0.25, 0.3) is 0 Å². The van der Waals surface area contributed by atoms with Gasteiger partial charge in [-0.05, 0) is 12.8 Å². The average molecular weight is 298 g/mol. The van der Waals surface area contributed by atoms with Gasteiger partial charge in [0, 0.05) is 32.3 Å². The van der Waals surface area contributed by atoms with Gasteiger partial charge in [0.1, 0.15) is 0 Å². The quantitative estimate of drug-likeness (QED) is 0.800. The van der Waals surface area contributed by atoms with Crippen molar-refractivity contribution in [3.8, 4) is 0 Å². The SMILES string of the molecule is CS(=O)(=O)N1CCC(n2cc(N3CCCC3=O)cn2)C1. The predicted octanol–water partition coefficient (Wildman–Crippen LogP) is 0.216. The molecule has 2 saturated heterocycles. The molecule has 20 heavy (non-hydrogen) atoms. The van der Waals surface area contributed by atoms with Crippen molar-refractivity contribution in [1.29, 1.82) is 0 Å². The second kappa shape index (κ2) is 4.85. The van der Waals surface area contributed by atoms with Gasteiger partial charge in [-0.1, -0.05) is 0 Å². The zero-order valence-corrected chi connectivity index (χ0v) is 12.2. The van der Waals surface area contributed by atoms with Crippen molar-refractivity contribution in [2.24, 2.45) is 0 Å². The maximum absolute atomic E-state index is 11.7. The van der Waals surface area contributed by atoms with Crippen LogP contribution in [0, 0.1) is 0 Å². The molecule has 3 rings (SSSR count). The number of anilines is 1. The fraction of sp³-hybridized carbons (Fsp3) is 0.667. The summed E-state index contributed by atoms with van der Waals surface area (Å²) in [6.07, 6.45) is 6.99. The molecule has 0 saturated carbocycles. The Morgan fingerprint density at radius 3 is 2.75 bits per heavy atom. The molecule has 2 aliphatic heterocycles. The van der Waals surface area contributed by atoms with E-state index in [2.05, 4.69) is 5.10 Å². The first kappa shape index (κ1) is 13.6. The van der Waals surface area contributed by atoms with E-state index in [0.29, 0.717) is 19.5 Å². The van der Waals surface area contributed by atoms with Gasteiger partial charge in [-0.2, -0.15) is 9.40 Å². The number of nitrogens with zero attached hydrogens (tertiary/aromatic N) is 4. The van der Waals surface area contributed by atoms with Crippen LogP contribution >= 0.6 is 0 Å². The molecule has 1 amide bonds. The Morgan fingerprint density at radius 2 is 2.15 bits per heavy atom. The first-order valence-electron chi connectivity index (χ1n) is 6.75. The van der Waals surface area contributed by atoms with Gasteiger partial charge in [0.05, 0.1) is 24.2 Å². The van der Waals surface area contributed by atoms with E-state index in [0.717, 1.165) is 25.1 Å². The fourth-order valence-corrected chi connectivity index (χ4v) is 3.70. The minimum atomic E-state index is -3.13. The minimum Gasteiger partial charge on any atom is -0.309 e. The highest BCUT2D eigenvalue weighted by Gasteiger charge is 2.31. The van der Waals surface area contributed by atoms with Gasteiger partial charge < -0.3 is 4.90 Å². The second-order valence-electron chi connectivity index (χ2n) is 5.39. The van der Waals surface area contributed by atoms with Crippen LogP contribution in [0.2, 0.25) is 0 Å². The molecule has 1 aromatic rings. The molecule has 0 spiro atoms. The predicted molar refractivity (Wildman–Crippen MR) is 73.9 cm³/mol. The Bertz CT molecular complexity index is 624. The Hall–Kier alpha value is -1.41. The van der Waals surface area contributed by atoms with Crippen LogP contribution in [0.4, 0.5) is 5.69 Å². The van der Waals surface area contributed by atoms with Crippen LogP contribution in [0.5, 0.6) is 0 Å². The van der Waals surface area contributed by atoms with E-state index < -0.39 is 10.0 Å². The molecule has 3 heterocycles. The standard InChI is InChI=1S/C12H18N4O3S/c1-20(18,19)14-6-4-10(8-14)16-9-11(7-13-16)15-5-2-3-12(15)17/h7,9-10H,2-6,8H2,1H3. The van der Waals surface area contributed by atoms with E-state index in [9.17, 15) is 13.2 Å². The summed E-state index contributed by atoms with van der Waals surface area (Å²) in [6, 6.07) is 0.0520. The van der Waals surface area contributed by atoms with Crippen molar-refractivity contribution in [1.82, 2.24) is 14.1 Å². The lowest BCUT2D eigenvalue weighted by molar-refractivity contribution is -0.117. The second-order valence-corrected chi connectivity index (χ2v) is 7.37. The summed E-state index contributed by atoms with van der Waals surface area (Å²) in [7, 11) is -3.13. The zero-order chi connectivity index (χ0) is 14.3. The molecule has 8 heteroatoms. The van der Waals surface area contributed by atoms with Gasteiger partial charge >= 0.3 is 0 Å². The molecule has 1 atom stereocenters. The molecular formula is C12H18N4O3S. The minimum absolute atomic E-state index is 0.0520. The van der Waals surface area contributed by atoms with Crippen molar-refractivity contribution in [2.75, 3.05) is 30.8 Å². The van der Waals surface area contributed by atoms with Crippen molar-refractivity contribution in [2.45, 2.75) is 25.3 Å². The maximum atomic E-state index is 11.7. The number of carbonyl (C=O) groups is 1. The Morgan fingerprint density at radius 1 is 1.35 bits per heavy atom. The fourth-order valence-electron chi connectivity index (χ4n) is 2.82. The van der Waals surface area contributed by atoms with Crippen molar-refractivity contribution in [3.05, 3.63) is 12.4 Å². The summed E-state index contributed by atoms with van der Waals surface area (Å²) in [6.45, 7) is 1.72. The first-order chi connectivity index (χ1) is 9.45.